The second-order valence-corrected chi connectivity index (χ2v) is 6.96. The number of primary amides is 1. The molecule has 3 nitrogen and oxygen atoms in total. The molecule has 140 valence electrons. The highest BCUT2D eigenvalue weighted by atomic mass is 19.1. The molecule has 3 aromatic carbocycles. The summed E-state index contributed by atoms with van der Waals surface area (Å²) in [5.41, 5.74) is 9.15. The first kappa shape index (κ1) is 18.0. The molecule has 0 saturated heterocycles. The topological polar surface area (TPSA) is 48.0 Å². The molecule has 0 spiro atoms. The molecule has 4 rings (SSSR count). The van der Waals surface area contributed by atoms with E-state index in [0.29, 0.717) is 12.1 Å². The molecule has 2 N–H and O–H groups in total. The standard InChI is InChI=1S/C24H21FN2O/c25-22-12-6-4-10-18(22)20(14-24(26)28)21-16-27(15-17-8-2-1-3-9-17)23-13-7-5-11-19(21)23/h1-13,16,20H,14-15H2,(H2,26,28). The summed E-state index contributed by atoms with van der Waals surface area (Å²) < 4.78 is 16.7. The number of halogens is 1. The molecule has 1 unspecified atom stereocenters. The highest BCUT2D eigenvalue weighted by molar-refractivity contribution is 5.86. The van der Waals surface area contributed by atoms with Crippen LogP contribution in [-0.4, -0.2) is 10.5 Å². The summed E-state index contributed by atoms with van der Waals surface area (Å²) in [4.78, 5) is 11.8. The minimum absolute atomic E-state index is 0.0558. The summed E-state index contributed by atoms with van der Waals surface area (Å²) in [5, 5.41) is 1.01. The van der Waals surface area contributed by atoms with Crippen LogP contribution in [0.1, 0.15) is 29.0 Å². The quantitative estimate of drug-likeness (QED) is 0.517. The van der Waals surface area contributed by atoms with Crippen LogP contribution in [0.2, 0.25) is 0 Å². The summed E-state index contributed by atoms with van der Waals surface area (Å²) >= 11 is 0. The van der Waals surface area contributed by atoms with Crippen LogP contribution >= 0.6 is 0 Å². The molecule has 0 aliphatic heterocycles. The molecule has 0 fully saturated rings. The lowest BCUT2D eigenvalue weighted by Gasteiger charge is -2.16. The minimum atomic E-state index is -0.451. The highest BCUT2D eigenvalue weighted by Gasteiger charge is 2.24. The Morgan fingerprint density at radius 3 is 2.32 bits per heavy atom. The van der Waals surface area contributed by atoms with E-state index >= 15 is 0 Å². The van der Waals surface area contributed by atoms with Gasteiger partial charge in [0.05, 0.1) is 0 Å². The first-order valence-corrected chi connectivity index (χ1v) is 9.28. The Balaban J connectivity index is 1.86. The van der Waals surface area contributed by atoms with Crippen LogP contribution in [0.4, 0.5) is 4.39 Å². The molecule has 0 saturated carbocycles. The van der Waals surface area contributed by atoms with Crippen molar-refractivity contribution in [2.75, 3.05) is 0 Å². The Morgan fingerprint density at radius 1 is 0.893 bits per heavy atom. The monoisotopic (exact) mass is 372 g/mol. The smallest absolute Gasteiger partial charge is 0.218 e. The van der Waals surface area contributed by atoms with E-state index in [0.717, 1.165) is 16.5 Å². The average Bonchev–Trinajstić information content (AvgIpc) is 3.06. The van der Waals surface area contributed by atoms with Crippen molar-refractivity contribution in [2.24, 2.45) is 5.73 Å². The molecule has 4 heteroatoms. The van der Waals surface area contributed by atoms with E-state index in [9.17, 15) is 9.18 Å². The van der Waals surface area contributed by atoms with Gasteiger partial charge in [0, 0.05) is 36.0 Å². The third-order valence-electron chi connectivity index (χ3n) is 5.08. The van der Waals surface area contributed by atoms with Crippen molar-refractivity contribution in [2.45, 2.75) is 18.9 Å². The number of hydrogen-bond acceptors (Lipinski definition) is 1. The number of nitrogens with two attached hydrogens (primary N) is 1. The molecule has 1 aromatic heterocycles. The van der Waals surface area contributed by atoms with Gasteiger partial charge in [-0.15, -0.1) is 0 Å². The van der Waals surface area contributed by atoms with Gasteiger partial charge in [-0.2, -0.15) is 0 Å². The van der Waals surface area contributed by atoms with E-state index in [2.05, 4.69) is 16.7 Å². The molecule has 0 bridgehead atoms. The van der Waals surface area contributed by atoms with Crippen LogP contribution < -0.4 is 5.73 Å². The molecule has 1 heterocycles. The zero-order chi connectivity index (χ0) is 19.5. The molecule has 0 aliphatic carbocycles. The van der Waals surface area contributed by atoms with Crippen molar-refractivity contribution in [3.05, 3.63) is 108 Å². The molecule has 1 amide bonds. The summed E-state index contributed by atoms with van der Waals surface area (Å²) in [5.74, 6) is -1.21. The van der Waals surface area contributed by atoms with Crippen LogP contribution in [-0.2, 0) is 11.3 Å². The number of carbonyl (C=O) groups is 1. The van der Waals surface area contributed by atoms with E-state index in [1.807, 2.05) is 48.7 Å². The molecular formula is C24H21FN2O. The fourth-order valence-corrected chi connectivity index (χ4v) is 3.81. The molecule has 0 aliphatic rings. The fourth-order valence-electron chi connectivity index (χ4n) is 3.81. The third-order valence-corrected chi connectivity index (χ3v) is 5.08. The Bertz CT molecular complexity index is 1120. The summed E-state index contributed by atoms with van der Waals surface area (Å²) in [7, 11) is 0. The minimum Gasteiger partial charge on any atom is -0.370 e. The largest absolute Gasteiger partial charge is 0.370 e. The van der Waals surface area contributed by atoms with E-state index in [-0.39, 0.29) is 12.2 Å². The average molecular weight is 372 g/mol. The lowest BCUT2D eigenvalue weighted by Crippen LogP contribution is -2.17. The zero-order valence-corrected chi connectivity index (χ0v) is 15.4. The second-order valence-electron chi connectivity index (χ2n) is 6.96. The van der Waals surface area contributed by atoms with Gasteiger partial charge in [-0.1, -0.05) is 66.7 Å². The van der Waals surface area contributed by atoms with Crippen molar-refractivity contribution in [1.29, 1.82) is 0 Å². The number of rotatable bonds is 6. The first-order chi connectivity index (χ1) is 13.6. The van der Waals surface area contributed by atoms with Gasteiger partial charge in [-0.05, 0) is 28.8 Å². The molecule has 4 aromatic rings. The Morgan fingerprint density at radius 2 is 1.57 bits per heavy atom. The van der Waals surface area contributed by atoms with E-state index in [4.69, 9.17) is 5.73 Å². The number of para-hydroxylation sites is 1. The van der Waals surface area contributed by atoms with E-state index < -0.39 is 11.8 Å². The second kappa shape index (κ2) is 7.69. The Hall–Kier alpha value is -3.40. The highest BCUT2D eigenvalue weighted by Crippen LogP contribution is 2.36. The van der Waals surface area contributed by atoms with E-state index in [1.54, 1.807) is 18.2 Å². The zero-order valence-electron chi connectivity index (χ0n) is 15.4. The van der Waals surface area contributed by atoms with Crippen molar-refractivity contribution in [3.63, 3.8) is 0 Å². The van der Waals surface area contributed by atoms with Gasteiger partial charge >= 0.3 is 0 Å². The van der Waals surface area contributed by atoms with Crippen molar-refractivity contribution >= 4 is 16.8 Å². The predicted octanol–water partition coefficient (Wildman–Crippen LogP) is 4.84. The fraction of sp³-hybridized carbons (Fsp3) is 0.125. The van der Waals surface area contributed by atoms with Crippen LogP contribution in [0, 0.1) is 5.82 Å². The third kappa shape index (κ3) is 3.54. The Labute approximate surface area is 163 Å². The summed E-state index contributed by atoms with van der Waals surface area (Å²) in [6, 6.07) is 24.8. The molecule has 1 atom stereocenters. The van der Waals surface area contributed by atoms with Gasteiger partial charge in [0.1, 0.15) is 5.82 Å². The van der Waals surface area contributed by atoms with Gasteiger partial charge in [0.15, 0.2) is 0 Å². The number of fused-ring (bicyclic) bond motifs is 1. The summed E-state index contributed by atoms with van der Waals surface area (Å²) in [6.45, 7) is 0.696. The van der Waals surface area contributed by atoms with Crippen LogP contribution in [0.3, 0.4) is 0 Å². The number of carbonyl (C=O) groups excluding carboxylic acids is 1. The maximum atomic E-state index is 14.6. The number of hydrogen-bond donors (Lipinski definition) is 1. The van der Waals surface area contributed by atoms with Gasteiger partial charge in [-0.3, -0.25) is 4.79 Å². The van der Waals surface area contributed by atoms with Crippen molar-refractivity contribution in [1.82, 2.24) is 4.57 Å². The SMILES string of the molecule is NC(=O)CC(c1ccccc1F)c1cn(Cc2ccccc2)c2ccccc12. The van der Waals surface area contributed by atoms with Gasteiger partial charge in [0.2, 0.25) is 5.91 Å². The molecular weight excluding hydrogens is 351 g/mol. The van der Waals surface area contributed by atoms with Crippen molar-refractivity contribution in [3.8, 4) is 0 Å². The maximum absolute atomic E-state index is 14.6. The van der Waals surface area contributed by atoms with Crippen LogP contribution in [0.5, 0.6) is 0 Å². The number of nitrogens with zero attached hydrogens (tertiary/aromatic N) is 1. The van der Waals surface area contributed by atoms with Gasteiger partial charge in [0.25, 0.3) is 0 Å². The van der Waals surface area contributed by atoms with Crippen LogP contribution in [0.15, 0.2) is 85.1 Å². The lowest BCUT2D eigenvalue weighted by atomic mass is 9.87. The normalized spacial score (nSPS) is 12.2. The van der Waals surface area contributed by atoms with Crippen molar-refractivity contribution < 1.29 is 9.18 Å². The number of aromatic nitrogens is 1. The molecule has 28 heavy (non-hydrogen) atoms. The molecule has 0 radical (unpaired) electrons. The first-order valence-electron chi connectivity index (χ1n) is 9.28. The number of benzene rings is 3. The van der Waals surface area contributed by atoms with E-state index in [1.165, 1.54) is 11.6 Å². The number of amides is 1. The Kier molecular flexibility index (Phi) is 4.94. The van der Waals surface area contributed by atoms with Gasteiger partial charge in [-0.25, -0.2) is 4.39 Å². The lowest BCUT2D eigenvalue weighted by molar-refractivity contribution is -0.118. The predicted molar refractivity (Wildman–Crippen MR) is 110 cm³/mol. The maximum Gasteiger partial charge on any atom is 0.218 e. The van der Waals surface area contributed by atoms with Gasteiger partial charge < -0.3 is 10.3 Å². The van der Waals surface area contributed by atoms with Crippen LogP contribution in [0.25, 0.3) is 10.9 Å². The summed E-state index contributed by atoms with van der Waals surface area (Å²) in [6.07, 6.45) is 2.08.